The molecule has 84 valence electrons. The molecule has 1 saturated heterocycles. The molecule has 0 radical (unpaired) electrons. The topological polar surface area (TPSA) is 50.1 Å². The van der Waals surface area contributed by atoms with Crippen LogP contribution >= 0.6 is 0 Å². The summed E-state index contributed by atoms with van der Waals surface area (Å²) in [6.07, 6.45) is 2.35. The predicted octanol–water partition coefficient (Wildman–Crippen LogP) is 1.70. The summed E-state index contributed by atoms with van der Waals surface area (Å²) in [4.78, 5) is 4.60. The molecule has 1 aliphatic rings. The van der Waals surface area contributed by atoms with Crippen molar-refractivity contribution >= 4 is 11.0 Å². The van der Waals surface area contributed by atoms with Crippen molar-refractivity contribution in [2.24, 2.45) is 7.05 Å². The van der Waals surface area contributed by atoms with Gasteiger partial charge in [-0.3, -0.25) is 0 Å². The summed E-state index contributed by atoms with van der Waals surface area (Å²) in [6.45, 7) is 1.07. The van der Waals surface area contributed by atoms with E-state index in [1.807, 2.05) is 13.1 Å². The summed E-state index contributed by atoms with van der Waals surface area (Å²) in [5.74, 6) is 1.34. The Balaban J connectivity index is 2.14. The Hall–Kier alpha value is -1.55. The molecule has 0 aliphatic carbocycles. The number of rotatable bonds is 1. The van der Waals surface area contributed by atoms with Gasteiger partial charge < -0.3 is 15.0 Å². The van der Waals surface area contributed by atoms with Gasteiger partial charge in [0, 0.05) is 13.1 Å². The first kappa shape index (κ1) is 9.66. The van der Waals surface area contributed by atoms with Gasteiger partial charge in [0.05, 0.1) is 17.1 Å². The highest BCUT2D eigenvalue weighted by Gasteiger charge is 2.21. The summed E-state index contributed by atoms with van der Waals surface area (Å²) in [5.41, 5.74) is 1.94. The van der Waals surface area contributed by atoms with Crippen molar-refractivity contribution in [1.82, 2.24) is 14.9 Å². The Morgan fingerprint density at radius 1 is 1.50 bits per heavy atom. The fourth-order valence-corrected chi connectivity index (χ4v) is 2.42. The molecule has 2 N–H and O–H groups in total. The monoisotopic (exact) mass is 217 g/mol. The number of hydrogen-bond acceptors (Lipinski definition) is 3. The van der Waals surface area contributed by atoms with Gasteiger partial charge in [-0.15, -0.1) is 0 Å². The SMILES string of the molecule is Cn1c([C@@H]2CCCN2)nc2cc(O)ccc21. The number of phenols is 1. The van der Waals surface area contributed by atoms with Crippen molar-refractivity contribution in [3.8, 4) is 5.75 Å². The van der Waals surface area contributed by atoms with Crippen molar-refractivity contribution in [2.45, 2.75) is 18.9 Å². The van der Waals surface area contributed by atoms with Gasteiger partial charge in [0.25, 0.3) is 0 Å². The molecule has 3 rings (SSSR count). The van der Waals surface area contributed by atoms with Crippen LogP contribution in [-0.4, -0.2) is 21.2 Å². The summed E-state index contributed by atoms with van der Waals surface area (Å²) < 4.78 is 2.11. The van der Waals surface area contributed by atoms with Crippen molar-refractivity contribution < 1.29 is 5.11 Å². The molecule has 16 heavy (non-hydrogen) atoms. The number of aromatic nitrogens is 2. The number of nitrogens with zero attached hydrogens (tertiary/aromatic N) is 2. The number of hydrogen-bond donors (Lipinski definition) is 2. The fraction of sp³-hybridized carbons (Fsp3) is 0.417. The summed E-state index contributed by atoms with van der Waals surface area (Å²) in [7, 11) is 2.03. The van der Waals surface area contributed by atoms with Gasteiger partial charge in [0.1, 0.15) is 11.6 Å². The van der Waals surface area contributed by atoms with E-state index in [9.17, 15) is 5.11 Å². The Kier molecular flexibility index (Phi) is 2.11. The highest BCUT2D eigenvalue weighted by atomic mass is 16.3. The average molecular weight is 217 g/mol. The average Bonchev–Trinajstić information content (AvgIpc) is 2.86. The second-order valence-corrected chi connectivity index (χ2v) is 4.35. The standard InChI is InChI=1S/C12H15N3O/c1-15-11-5-4-8(16)7-10(11)14-12(15)9-3-2-6-13-9/h4-5,7,9,13,16H,2-3,6H2,1H3/t9-/m0/s1. The molecule has 1 atom stereocenters. The number of fused-ring (bicyclic) bond motifs is 1. The van der Waals surface area contributed by atoms with Crippen LogP contribution in [0.4, 0.5) is 0 Å². The second kappa shape index (κ2) is 3.49. The molecule has 2 aromatic rings. The first-order valence-electron chi connectivity index (χ1n) is 5.64. The van der Waals surface area contributed by atoms with E-state index < -0.39 is 0 Å². The Morgan fingerprint density at radius 2 is 2.38 bits per heavy atom. The Morgan fingerprint density at radius 3 is 3.12 bits per heavy atom. The molecule has 0 amide bonds. The van der Waals surface area contributed by atoms with E-state index in [1.54, 1.807) is 12.1 Å². The largest absolute Gasteiger partial charge is 0.508 e. The third-order valence-electron chi connectivity index (χ3n) is 3.27. The summed E-state index contributed by atoms with van der Waals surface area (Å²) in [5, 5.41) is 12.9. The number of imidazole rings is 1. The van der Waals surface area contributed by atoms with Crippen molar-refractivity contribution in [3.05, 3.63) is 24.0 Å². The van der Waals surface area contributed by atoms with Gasteiger partial charge in [-0.25, -0.2) is 4.98 Å². The van der Waals surface area contributed by atoms with Gasteiger partial charge in [-0.2, -0.15) is 0 Å². The van der Waals surface area contributed by atoms with Crippen LogP contribution < -0.4 is 5.32 Å². The fourth-order valence-electron chi connectivity index (χ4n) is 2.42. The Labute approximate surface area is 93.9 Å². The van der Waals surface area contributed by atoms with Crippen molar-refractivity contribution in [2.75, 3.05) is 6.54 Å². The minimum Gasteiger partial charge on any atom is -0.508 e. The second-order valence-electron chi connectivity index (χ2n) is 4.35. The molecule has 1 aromatic heterocycles. The van der Waals surface area contributed by atoms with Crippen LogP contribution in [0.25, 0.3) is 11.0 Å². The molecule has 4 heteroatoms. The van der Waals surface area contributed by atoms with Crippen LogP contribution in [0.15, 0.2) is 18.2 Å². The van der Waals surface area contributed by atoms with Crippen LogP contribution in [0, 0.1) is 0 Å². The van der Waals surface area contributed by atoms with E-state index in [2.05, 4.69) is 14.9 Å². The van der Waals surface area contributed by atoms with Crippen LogP contribution in [0.3, 0.4) is 0 Å². The van der Waals surface area contributed by atoms with E-state index in [4.69, 9.17) is 0 Å². The van der Waals surface area contributed by atoms with Crippen LogP contribution in [0.1, 0.15) is 24.7 Å². The molecule has 0 saturated carbocycles. The normalized spacial score (nSPS) is 20.7. The summed E-state index contributed by atoms with van der Waals surface area (Å²) in [6, 6.07) is 5.69. The molecule has 4 nitrogen and oxygen atoms in total. The van der Waals surface area contributed by atoms with Gasteiger partial charge in [0.15, 0.2) is 0 Å². The molecule has 1 aliphatic heterocycles. The molecule has 0 bridgehead atoms. The lowest BCUT2D eigenvalue weighted by molar-refractivity contribution is 0.476. The molecular weight excluding hydrogens is 202 g/mol. The number of phenolic OH excluding ortho intramolecular Hbond substituents is 1. The van der Waals surface area contributed by atoms with Crippen LogP contribution in [0.2, 0.25) is 0 Å². The first-order valence-corrected chi connectivity index (χ1v) is 5.64. The highest BCUT2D eigenvalue weighted by Crippen LogP contribution is 2.27. The third kappa shape index (κ3) is 1.38. The van der Waals surface area contributed by atoms with Crippen molar-refractivity contribution in [1.29, 1.82) is 0 Å². The zero-order valence-corrected chi connectivity index (χ0v) is 9.27. The maximum Gasteiger partial charge on any atom is 0.126 e. The Bertz CT molecular complexity index is 526. The quantitative estimate of drug-likeness (QED) is 0.764. The lowest BCUT2D eigenvalue weighted by Gasteiger charge is -2.09. The summed E-state index contributed by atoms with van der Waals surface area (Å²) >= 11 is 0. The molecule has 0 unspecified atom stereocenters. The number of aryl methyl sites for hydroxylation is 1. The van der Waals surface area contributed by atoms with Crippen molar-refractivity contribution in [3.63, 3.8) is 0 Å². The minimum absolute atomic E-state index is 0.275. The lowest BCUT2D eigenvalue weighted by Crippen LogP contribution is -2.16. The zero-order valence-electron chi connectivity index (χ0n) is 9.27. The van der Waals surface area contributed by atoms with E-state index in [-0.39, 0.29) is 5.75 Å². The van der Waals surface area contributed by atoms with E-state index in [0.29, 0.717) is 6.04 Å². The lowest BCUT2D eigenvalue weighted by atomic mass is 10.2. The number of nitrogens with one attached hydrogen (secondary N) is 1. The minimum atomic E-state index is 0.275. The van der Waals surface area contributed by atoms with Gasteiger partial charge in [-0.1, -0.05) is 0 Å². The molecule has 1 aromatic carbocycles. The smallest absolute Gasteiger partial charge is 0.126 e. The van der Waals surface area contributed by atoms with Gasteiger partial charge in [0.2, 0.25) is 0 Å². The van der Waals surface area contributed by atoms with Crippen LogP contribution in [0.5, 0.6) is 5.75 Å². The van der Waals surface area contributed by atoms with Gasteiger partial charge >= 0.3 is 0 Å². The first-order chi connectivity index (χ1) is 7.75. The van der Waals surface area contributed by atoms with Crippen LogP contribution in [-0.2, 0) is 7.05 Å². The zero-order chi connectivity index (χ0) is 11.1. The number of aromatic hydroxyl groups is 1. The molecule has 0 spiro atoms. The molecule has 2 heterocycles. The maximum absolute atomic E-state index is 9.43. The van der Waals surface area contributed by atoms with E-state index in [0.717, 1.165) is 29.8 Å². The number of benzene rings is 1. The predicted molar refractivity (Wildman–Crippen MR) is 62.4 cm³/mol. The van der Waals surface area contributed by atoms with E-state index >= 15 is 0 Å². The van der Waals surface area contributed by atoms with E-state index in [1.165, 1.54) is 6.42 Å². The molecule has 1 fully saturated rings. The maximum atomic E-state index is 9.43. The van der Waals surface area contributed by atoms with Gasteiger partial charge in [-0.05, 0) is 31.5 Å². The third-order valence-corrected chi connectivity index (χ3v) is 3.27. The highest BCUT2D eigenvalue weighted by molar-refractivity contribution is 5.77. The molecular formula is C12H15N3O.